The van der Waals surface area contributed by atoms with E-state index in [2.05, 4.69) is 5.32 Å². The molecule has 19 heavy (non-hydrogen) atoms. The molecule has 1 aliphatic carbocycles. The summed E-state index contributed by atoms with van der Waals surface area (Å²) in [4.78, 5) is 12.3. The zero-order chi connectivity index (χ0) is 13.8. The first-order valence-electron chi connectivity index (χ1n) is 6.89. The standard InChI is InChI=1S/C15H21FN2O/c1-10-6-7-13(16)14(8-10)18-15(19)12-5-3-2-4-11(12)9-17/h6-8,11-12H,2-5,9,17H2,1H3,(H,18,19). The van der Waals surface area contributed by atoms with E-state index in [9.17, 15) is 9.18 Å². The van der Waals surface area contributed by atoms with Gasteiger partial charge in [-0.25, -0.2) is 4.39 Å². The maximum absolute atomic E-state index is 13.6. The topological polar surface area (TPSA) is 55.1 Å². The SMILES string of the molecule is Cc1ccc(F)c(NC(=O)C2CCCCC2CN)c1. The van der Waals surface area contributed by atoms with Crippen molar-refractivity contribution in [3.05, 3.63) is 29.6 Å². The van der Waals surface area contributed by atoms with Crippen LogP contribution in [0, 0.1) is 24.6 Å². The Kier molecular flexibility index (Phi) is 4.53. The van der Waals surface area contributed by atoms with Crippen molar-refractivity contribution in [2.24, 2.45) is 17.6 Å². The molecule has 1 aromatic carbocycles. The van der Waals surface area contributed by atoms with Crippen LogP contribution in [0.5, 0.6) is 0 Å². The lowest BCUT2D eigenvalue weighted by atomic mass is 9.78. The van der Waals surface area contributed by atoms with Crippen molar-refractivity contribution in [1.82, 2.24) is 0 Å². The molecular weight excluding hydrogens is 243 g/mol. The molecule has 1 amide bonds. The van der Waals surface area contributed by atoms with E-state index in [1.807, 2.05) is 6.92 Å². The number of nitrogens with one attached hydrogen (secondary N) is 1. The molecule has 1 aromatic rings. The molecule has 1 fully saturated rings. The number of hydrogen-bond acceptors (Lipinski definition) is 2. The molecule has 0 aromatic heterocycles. The smallest absolute Gasteiger partial charge is 0.227 e. The lowest BCUT2D eigenvalue weighted by molar-refractivity contribution is -0.122. The zero-order valence-corrected chi connectivity index (χ0v) is 11.3. The van der Waals surface area contributed by atoms with E-state index in [1.165, 1.54) is 6.07 Å². The van der Waals surface area contributed by atoms with Gasteiger partial charge >= 0.3 is 0 Å². The molecule has 0 aliphatic heterocycles. The van der Waals surface area contributed by atoms with Gasteiger partial charge in [-0.15, -0.1) is 0 Å². The van der Waals surface area contributed by atoms with Crippen LogP contribution >= 0.6 is 0 Å². The summed E-state index contributed by atoms with van der Waals surface area (Å²) in [7, 11) is 0. The Morgan fingerprint density at radius 3 is 2.89 bits per heavy atom. The number of rotatable bonds is 3. The lowest BCUT2D eigenvalue weighted by Gasteiger charge is -2.29. The summed E-state index contributed by atoms with van der Waals surface area (Å²) in [6, 6.07) is 4.73. The predicted octanol–water partition coefficient (Wildman–Crippen LogP) is 2.84. The Balaban J connectivity index is 2.09. The summed E-state index contributed by atoms with van der Waals surface area (Å²) in [6.07, 6.45) is 4.02. The van der Waals surface area contributed by atoms with Gasteiger partial charge in [0.1, 0.15) is 5.82 Å². The van der Waals surface area contributed by atoms with Crippen molar-refractivity contribution in [1.29, 1.82) is 0 Å². The summed E-state index contributed by atoms with van der Waals surface area (Å²) in [5.41, 5.74) is 6.92. The highest BCUT2D eigenvalue weighted by Crippen LogP contribution is 2.30. The van der Waals surface area contributed by atoms with E-state index in [0.717, 1.165) is 31.2 Å². The number of nitrogens with two attached hydrogens (primary N) is 1. The number of carbonyl (C=O) groups is 1. The average Bonchev–Trinajstić information content (AvgIpc) is 2.42. The second-order valence-electron chi connectivity index (χ2n) is 5.36. The number of anilines is 1. The molecule has 0 radical (unpaired) electrons. The van der Waals surface area contributed by atoms with Gasteiger partial charge in [-0.3, -0.25) is 4.79 Å². The third kappa shape index (κ3) is 3.32. The summed E-state index contributed by atoms with van der Waals surface area (Å²) in [5, 5.41) is 2.72. The molecular formula is C15H21FN2O. The summed E-state index contributed by atoms with van der Waals surface area (Å²) in [5.74, 6) is -0.348. The van der Waals surface area contributed by atoms with Gasteiger partial charge in [-0.1, -0.05) is 18.9 Å². The number of aryl methyl sites for hydroxylation is 1. The molecule has 1 aliphatic rings. The summed E-state index contributed by atoms with van der Waals surface area (Å²) in [6.45, 7) is 2.40. The molecule has 0 spiro atoms. The third-order valence-corrected chi connectivity index (χ3v) is 3.93. The first-order chi connectivity index (χ1) is 9.11. The quantitative estimate of drug-likeness (QED) is 0.882. The van der Waals surface area contributed by atoms with Crippen molar-refractivity contribution in [2.75, 3.05) is 11.9 Å². The molecule has 2 rings (SSSR count). The van der Waals surface area contributed by atoms with Crippen molar-refractivity contribution in [3.8, 4) is 0 Å². The second kappa shape index (κ2) is 6.15. The highest BCUT2D eigenvalue weighted by atomic mass is 19.1. The third-order valence-electron chi connectivity index (χ3n) is 3.93. The van der Waals surface area contributed by atoms with Crippen LogP contribution in [0.3, 0.4) is 0 Å². The monoisotopic (exact) mass is 264 g/mol. The first kappa shape index (κ1) is 14.0. The van der Waals surface area contributed by atoms with E-state index >= 15 is 0 Å². The van der Waals surface area contributed by atoms with Gasteiger partial charge in [0, 0.05) is 5.92 Å². The van der Waals surface area contributed by atoms with Crippen LogP contribution in [0.15, 0.2) is 18.2 Å². The largest absolute Gasteiger partial charge is 0.330 e. The van der Waals surface area contributed by atoms with Gasteiger partial charge in [0.05, 0.1) is 5.69 Å². The van der Waals surface area contributed by atoms with E-state index < -0.39 is 0 Å². The van der Waals surface area contributed by atoms with Gasteiger partial charge in [0.15, 0.2) is 0 Å². The van der Waals surface area contributed by atoms with Crippen LogP contribution < -0.4 is 11.1 Å². The van der Waals surface area contributed by atoms with E-state index in [1.54, 1.807) is 12.1 Å². The molecule has 3 N–H and O–H groups in total. The minimum Gasteiger partial charge on any atom is -0.330 e. The van der Waals surface area contributed by atoms with Crippen molar-refractivity contribution >= 4 is 11.6 Å². The second-order valence-corrected chi connectivity index (χ2v) is 5.36. The molecule has 2 atom stereocenters. The Morgan fingerprint density at radius 1 is 1.42 bits per heavy atom. The molecule has 4 heteroatoms. The zero-order valence-electron chi connectivity index (χ0n) is 11.3. The van der Waals surface area contributed by atoms with Crippen LogP contribution in [-0.4, -0.2) is 12.5 Å². The van der Waals surface area contributed by atoms with E-state index in [-0.39, 0.29) is 29.2 Å². The molecule has 2 unspecified atom stereocenters. The Morgan fingerprint density at radius 2 is 2.16 bits per heavy atom. The van der Waals surface area contributed by atoms with Crippen molar-refractivity contribution in [3.63, 3.8) is 0 Å². The van der Waals surface area contributed by atoms with Gasteiger partial charge < -0.3 is 11.1 Å². The molecule has 1 saturated carbocycles. The summed E-state index contributed by atoms with van der Waals surface area (Å²) >= 11 is 0. The van der Waals surface area contributed by atoms with Crippen molar-refractivity contribution in [2.45, 2.75) is 32.6 Å². The average molecular weight is 264 g/mol. The summed E-state index contributed by atoms with van der Waals surface area (Å²) < 4.78 is 13.6. The van der Waals surface area contributed by atoms with Crippen LogP contribution in [-0.2, 0) is 4.79 Å². The van der Waals surface area contributed by atoms with Crippen molar-refractivity contribution < 1.29 is 9.18 Å². The fraction of sp³-hybridized carbons (Fsp3) is 0.533. The molecule has 0 bridgehead atoms. The number of halogens is 1. The van der Waals surface area contributed by atoms with Gasteiger partial charge in [0.2, 0.25) is 5.91 Å². The maximum Gasteiger partial charge on any atom is 0.227 e. The minimum atomic E-state index is -0.390. The Hall–Kier alpha value is -1.42. The van der Waals surface area contributed by atoms with Gasteiger partial charge in [0.25, 0.3) is 0 Å². The van der Waals surface area contributed by atoms with E-state index in [0.29, 0.717) is 6.54 Å². The van der Waals surface area contributed by atoms with Crippen LogP contribution in [0.25, 0.3) is 0 Å². The highest BCUT2D eigenvalue weighted by molar-refractivity contribution is 5.93. The van der Waals surface area contributed by atoms with Crippen LogP contribution in [0.4, 0.5) is 10.1 Å². The lowest BCUT2D eigenvalue weighted by Crippen LogP contribution is -2.35. The fourth-order valence-corrected chi connectivity index (χ4v) is 2.80. The number of carbonyl (C=O) groups excluding carboxylic acids is 1. The maximum atomic E-state index is 13.6. The minimum absolute atomic E-state index is 0.0846. The normalized spacial score (nSPS) is 23.1. The number of benzene rings is 1. The first-order valence-corrected chi connectivity index (χ1v) is 6.89. The molecule has 3 nitrogen and oxygen atoms in total. The molecule has 0 saturated heterocycles. The van der Waals surface area contributed by atoms with Gasteiger partial charge in [-0.05, 0) is 49.9 Å². The Bertz CT molecular complexity index is 461. The highest BCUT2D eigenvalue weighted by Gasteiger charge is 2.30. The van der Waals surface area contributed by atoms with E-state index in [4.69, 9.17) is 5.73 Å². The predicted molar refractivity (Wildman–Crippen MR) is 74.3 cm³/mol. The fourth-order valence-electron chi connectivity index (χ4n) is 2.80. The van der Waals surface area contributed by atoms with Gasteiger partial charge in [-0.2, -0.15) is 0 Å². The molecule has 104 valence electrons. The number of amides is 1. The Labute approximate surface area is 113 Å². The number of hydrogen-bond donors (Lipinski definition) is 2. The van der Waals surface area contributed by atoms with Crippen LogP contribution in [0.2, 0.25) is 0 Å². The van der Waals surface area contributed by atoms with Crippen LogP contribution in [0.1, 0.15) is 31.2 Å². The molecule has 0 heterocycles.